The normalized spacial score (nSPS) is 13.6. The molecule has 0 saturated heterocycles. The summed E-state index contributed by atoms with van der Waals surface area (Å²) in [5.41, 5.74) is 0. The van der Waals surface area contributed by atoms with Crippen LogP contribution in [0, 0.1) is 5.92 Å². The molecule has 0 bridgehead atoms. The molecule has 0 saturated carbocycles. The minimum Gasteiger partial charge on any atom is -0.479 e. The number of ether oxygens (including phenoxy) is 1. The number of aliphatic hydroxyl groups excluding tert-OH is 2. The Balaban J connectivity index is 3.34. The van der Waals surface area contributed by atoms with Crippen molar-refractivity contribution < 1.29 is 29.6 Å². The van der Waals surface area contributed by atoms with E-state index in [1.807, 2.05) is 0 Å². The summed E-state index contributed by atoms with van der Waals surface area (Å²) in [6, 6.07) is 0. The summed E-state index contributed by atoms with van der Waals surface area (Å²) in [4.78, 5) is 21.8. The molecule has 0 amide bonds. The highest BCUT2D eigenvalue weighted by atomic mass is 16.5. The highest BCUT2D eigenvalue weighted by Crippen LogP contribution is 2.13. The van der Waals surface area contributed by atoms with Crippen LogP contribution < -0.4 is 0 Å². The SMILES string of the molecule is CC(C)CCCCCCCCCCCCCOC(=O)C(O)C(O)C(=O)O. The van der Waals surface area contributed by atoms with Crippen molar-refractivity contribution in [2.45, 2.75) is 103 Å². The molecule has 154 valence electrons. The number of esters is 1. The van der Waals surface area contributed by atoms with Crippen molar-refractivity contribution >= 4 is 11.9 Å². The second-order valence-corrected chi connectivity index (χ2v) is 7.47. The van der Waals surface area contributed by atoms with Gasteiger partial charge in [0.1, 0.15) is 0 Å². The topological polar surface area (TPSA) is 104 Å². The summed E-state index contributed by atoms with van der Waals surface area (Å²) in [6.07, 6.45) is 10.2. The number of aliphatic hydroxyl groups is 2. The number of rotatable bonds is 17. The molecule has 0 radical (unpaired) electrons. The summed E-state index contributed by atoms with van der Waals surface area (Å²) < 4.78 is 4.77. The lowest BCUT2D eigenvalue weighted by Crippen LogP contribution is -2.40. The predicted molar refractivity (Wildman–Crippen MR) is 101 cm³/mol. The van der Waals surface area contributed by atoms with Gasteiger partial charge in [0.15, 0.2) is 12.2 Å². The van der Waals surface area contributed by atoms with Crippen LogP contribution >= 0.6 is 0 Å². The van der Waals surface area contributed by atoms with E-state index in [1.54, 1.807) is 0 Å². The van der Waals surface area contributed by atoms with Gasteiger partial charge in [0.25, 0.3) is 0 Å². The zero-order valence-electron chi connectivity index (χ0n) is 16.5. The van der Waals surface area contributed by atoms with Crippen LogP contribution in [0.15, 0.2) is 0 Å². The average molecular weight is 375 g/mol. The third-order valence-corrected chi connectivity index (χ3v) is 4.46. The lowest BCUT2D eigenvalue weighted by Gasteiger charge is -2.13. The molecule has 3 N–H and O–H groups in total. The van der Waals surface area contributed by atoms with Crippen LogP contribution in [0.4, 0.5) is 0 Å². The zero-order valence-corrected chi connectivity index (χ0v) is 16.5. The Morgan fingerprint density at radius 1 is 0.731 bits per heavy atom. The van der Waals surface area contributed by atoms with Crippen LogP contribution in [0.3, 0.4) is 0 Å². The average Bonchev–Trinajstić information content (AvgIpc) is 2.60. The fourth-order valence-corrected chi connectivity index (χ4v) is 2.77. The third-order valence-electron chi connectivity index (χ3n) is 4.46. The van der Waals surface area contributed by atoms with Crippen LogP contribution in [0.25, 0.3) is 0 Å². The van der Waals surface area contributed by atoms with Gasteiger partial charge in [0.05, 0.1) is 6.61 Å². The molecular formula is C20H38O6. The Hall–Kier alpha value is -1.14. The highest BCUT2D eigenvalue weighted by molar-refractivity contribution is 5.84. The highest BCUT2D eigenvalue weighted by Gasteiger charge is 2.31. The van der Waals surface area contributed by atoms with Crippen LogP contribution in [0.2, 0.25) is 0 Å². The van der Waals surface area contributed by atoms with Crippen LogP contribution in [0.5, 0.6) is 0 Å². The van der Waals surface area contributed by atoms with Crippen molar-refractivity contribution in [3.8, 4) is 0 Å². The Morgan fingerprint density at radius 3 is 1.58 bits per heavy atom. The molecule has 0 fully saturated rings. The molecule has 0 aromatic carbocycles. The summed E-state index contributed by atoms with van der Waals surface area (Å²) in [6.45, 7) is 4.69. The minimum atomic E-state index is -2.14. The quantitative estimate of drug-likeness (QED) is 0.265. The third kappa shape index (κ3) is 14.1. The maximum absolute atomic E-state index is 11.3. The zero-order chi connectivity index (χ0) is 19.8. The Kier molecular flexibility index (Phi) is 15.4. The van der Waals surface area contributed by atoms with Crippen molar-refractivity contribution in [2.75, 3.05) is 6.61 Å². The van der Waals surface area contributed by atoms with E-state index in [9.17, 15) is 14.7 Å². The molecule has 0 spiro atoms. The van der Waals surface area contributed by atoms with Crippen LogP contribution in [-0.2, 0) is 14.3 Å². The molecule has 0 aliphatic rings. The lowest BCUT2D eigenvalue weighted by atomic mass is 10.0. The molecular weight excluding hydrogens is 336 g/mol. The van der Waals surface area contributed by atoms with Gasteiger partial charge in [-0.1, -0.05) is 84.5 Å². The first-order valence-corrected chi connectivity index (χ1v) is 10.1. The van der Waals surface area contributed by atoms with E-state index in [1.165, 1.54) is 57.8 Å². The molecule has 6 heteroatoms. The fourth-order valence-electron chi connectivity index (χ4n) is 2.77. The van der Waals surface area contributed by atoms with Crippen molar-refractivity contribution in [1.29, 1.82) is 0 Å². The van der Waals surface area contributed by atoms with Gasteiger partial charge >= 0.3 is 11.9 Å². The lowest BCUT2D eigenvalue weighted by molar-refractivity contribution is -0.169. The molecule has 0 aromatic rings. The molecule has 0 rings (SSSR count). The first-order chi connectivity index (χ1) is 12.4. The van der Waals surface area contributed by atoms with Crippen molar-refractivity contribution in [2.24, 2.45) is 5.92 Å². The van der Waals surface area contributed by atoms with E-state index in [2.05, 4.69) is 13.8 Å². The number of carboxylic acids is 1. The van der Waals surface area contributed by atoms with Gasteiger partial charge in [-0.25, -0.2) is 9.59 Å². The molecule has 2 unspecified atom stereocenters. The van der Waals surface area contributed by atoms with Crippen LogP contribution in [-0.4, -0.2) is 46.1 Å². The molecule has 0 aromatic heterocycles. The van der Waals surface area contributed by atoms with Gasteiger partial charge in [0.2, 0.25) is 0 Å². The summed E-state index contributed by atoms with van der Waals surface area (Å²) in [5.74, 6) is -1.92. The van der Waals surface area contributed by atoms with Crippen LogP contribution in [0.1, 0.15) is 90.9 Å². The second kappa shape index (κ2) is 16.1. The van der Waals surface area contributed by atoms with Crippen molar-refractivity contribution in [3.05, 3.63) is 0 Å². The van der Waals surface area contributed by atoms with Gasteiger partial charge in [0, 0.05) is 0 Å². The first-order valence-electron chi connectivity index (χ1n) is 10.1. The maximum Gasteiger partial charge on any atom is 0.338 e. The molecule has 0 aliphatic carbocycles. The molecule has 26 heavy (non-hydrogen) atoms. The number of carbonyl (C=O) groups excluding carboxylic acids is 1. The number of unbranched alkanes of at least 4 members (excludes halogenated alkanes) is 10. The van der Waals surface area contributed by atoms with Crippen molar-refractivity contribution in [1.82, 2.24) is 0 Å². The molecule has 0 heterocycles. The number of carbonyl (C=O) groups is 2. The summed E-state index contributed by atoms with van der Waals surface area (Å²) >= 11 is 0. The number of carboxylic acid groups (broad SMARTS) is 1. The standard InChI is InChI=1S/C20H38O6/c1-16(2)14-12-10-8-6-4-3-5-7-9-11-13-15-26-20(25)18(22)17(21)19(23)24/h16-18,21-22H,3-15H2,1-2H3,(H,23,24). The van der Waals surface area contributed by atoms with Gasteiger partial charge in [-0.05, 0) is 12.3 Å². The van der Waals surface area contributed by atoms with Crippen molar-refractivity contribution in [3.63, 3.8) is 0 Å². The van der Waals surface area contributed by atoms with Gasteiger partial charge in [-0.2, -0.15) is 0 Å². The molecule has 0 aliphatic heterocycles. The fraction of sp³-hybridized carbons (Fsp3) is 0.900. The Bertz CT molecular complexity index is 369. The minimum absolute atomic E-state index is 0.138. The number of aliphatic carboxylic acids is 1. The monoisotopic (exact) mass is 374 g/mol. The largest absolute Gasteiger partial charge is 0.479 e. The summed E-state index contributed by atoms with van der Waals surface area (Å²) in [5, 5.41) is 26.8. The Morgan fingerprint density at radius 2 is 1.15 bits per heavy atom. The number of hydrogen-bond acceptors (Lipinski definition) is 5. The second-order valence-electron chi connectivity index (χ2n) is 7.47. The van der Waals surface area contributed by atoms with Gasteiger partial charge in [-0.3, -0.25) is 0 Å². The van der Waals surface area contributed by atoms with Gasteiger partial charge in [-0.15, -0.1) is 0 Å². The van der Waals surface area contributed by atoms with E-state index in [0.29, 0.717) is 6.42 Å². The first kappa shape index (κ1) is 24.9. The Labute approximate surface area is 157 Å². The number of hydrogen-bond donors (Lipinski definition) is 3. The smallest absolute Gasteiger partial charge is 0.338 e. The van der Waals surface area contributed by atoms with E-state index in [4.69, 9.17) is 14.9 Å². The van der Waals surface area contributed by atoms with E-state index >= 15 is 0 Å². The predicted octanol–water partition coefficient (Wildman–Crippen LogP) is 3.67. The van der Waals surface area contributed by atoms with Gasteiger partial charge < -0.3 is 20.1 Å². The van der Waals surface area contributed by atoms with E-state index in [-0.39, 0.29) is 6.61 Å². The molecule has 6 nitrogen and oxygen atoms in total. The maximum atomic E-state index is 11.3. The molecule has 2 atom stereocenters. The van der Waals surface area contributed by atoms with E-state index in [0.717, 1.165) is 18.8 Å². The summed E-state index contributed by atoms with van der Waals surface area (Å²) in [7, 11) is 0. The van der Waals surface area contributed by atoms with E-state index < -0.39 is 24.1 Å².